The highest BCUT2D eigenvalue weighted by atomic mass is 32.2. The van der Waals surface area contributed by atoms with Crippen LogP contribution in [0.1, 0.15) is 23.7 Å². The quantitative estimate of drug-likeness (QED) is 0.419. The Labute approximate surface area is 166 Å². The van der Waals surface area contributed by atoms with Crippen molar-refractivity contribution >= 4 is 28.2 Å². The van der Waals surface area contributed by atoms with Crippen LogP contribution in [-0.4, -0.2) is 24.6 Å². The molecule has 0 spiro atoms. The predicted octanol–water partition coefficient (Wildman–Crippen LogP) is 5.43. The van der Waals surface area contributed by atoms with Crippen LogP contribution < -0.4 is 0 Å². The maximum Gasteiger partial charge on any atom is 0.166 e. The van der Waals surface area contributed by atoms with E-state index in [1.165, 1.54) is 0 Å². The van der Waals surface area contributed by atoms with Crippen molar-refractivity contribution in [3.05, 3.63) is 78.4 Å². The van der Waals surface area contributed by atoms with Crippen molar-refractivity contribution in [3.63, 3.8) is 0 Å². The summed E-state index contributed by atoms with van der Waals surface area (Å²) >= 11 is 1.65. The van der Waals surface area contributed by atoms with Gasteiger partial charge in [-0.1, -0.05) is 60.3 Å². The molecule has 3 heterocycles. The number of thioether (sulfide) groups is 1. The van der Waals surface area contributed by atoms with Gasteiger partial charge in [0.1, 0.15) is 5.82 Å². The SMILES string of the molecule is Cc1cc2c3ccccc3nc(C(C)Sc3ncc(-c4ccccc4)[nH]3)n2n1. The van der Waals surface area contributed by atoms with E-state index in [1.54, 1.807) is 11.8 Å². The minimum Gasteiger partial charge on any atom is -0.333 e. The van der Waals surface area contributed by atoms with E-state index in [0.29, 0.717) is 0 Å². The number of aromatic amines is 1. The summed E-state index contributed by atoms with van der Waals surface area (Å²) in [5.41, 5.74) is 5.21. The third-order valence-electron chi connectivity index (χ3n) is 4.75. The van der Waals surface area contributed by atoms with Crippen LogP contribution in [-0.2, 0) is 0 Å². The highest BCUT2D eigenvalue weighted by Crippen LogP contribution is 2.34. The second-order valence-electron chi connectivity index (χ2n) is 6.80. The van der Waals surface area contributed by atoms with Crippen LogP contribution in [0.3, 0.4) is 0 Å². The molecular formula is C22H19N5S. The molecule has 6 heteroatoms. The van der Waals surface area contributed by atoms with Gasteiger partial charge in [-0.15, -0.1) is 0 Å². The van der Waals surface area contributed by atoms with Crippen molar-refractivity contribution in [2.45, 2.75) is 24.3 Å². The Morgan fingerprint density at radius 3 is 2.68 bits per heavy atom. The molecule has 0 aliphatic rings. The van der Waals surface area contributed by atoms with Crippen LogP contribution in [0.4, 0.5) is 0 Å². The normalized spacial score (nSPS) is 12.6. The van der Waals surface area contributed by atoms with Gasteiger partial charge in [0, 0.05) is 5.39 Å². The van der Waals surface area contributed by atoms with Crippen LogP contribution in [0, 0.1) is 6.92 Å². The first-order valence-electron chi connectivity index (χ1n) is 9.21. The zero-order valence-corrected chi connectivity index (χ0v) is 16.4. The van der Waals surface area contributed by atoms with Gasteiger partial charge >= 0.3 is 0 Å². The Bertz CT molecular complexity index is 1270. The first-order chi connectivity index (χ1) is 13.7. The standard InChI is InChI=1S/C22H19N5S/c1-14-12-20-17-10-6-7-11-18(17)24-21(27(20)26-14)15(2)28-22-23-13-19(25-22)16-8-4-3-5-9-16/h3-13,15H,1-2H3,(H,23,25). The van der Waals surface area contributed by atoms with Crippen LogP contribution in [0.25, 0.3) is 27.7 Å². The van der Waals surface area contributed by atoms with Crippen LogP contribution in [0.5, 0.6) is 0 Å². The van der Waals surface area contributed by atoms with E-state index in [2.05, 4.69) is 52.3 Å². The summed E-state index contributed by atoms with van der Waals surface area (Å²) in [7, 11) is 0. The van der Waals surface area contributed by atoms with Gasteiger partial charge in [-0.3, -0.25) is 0 Å². The molecule has 0 aliphatic heterocycles. The van der Waals surface area contributed by atoms with Crippen LogP contribution in [0.15, 0.2) is 72.0 Å². The van der Waals surface area contributed by atoms with Gasteiger partial charge in [-0.25, -0.2) is 14.5 Å². The lowest BCUT2D eigenvalue weighted by molar-refractivity contribution is 0.800. The zero-order valence-electron chi connectivity index (χ0n) is 15.6. The number of hydrogen-bond donors (Lipinski definition) is 1. The fourth-order valence-electron chi connectivity index (χ4n) is 3.43. The number of para-hydroxylation sites is 1. The number of rotatable bonds is 4. The number of aryl methyl sites for hydroxylation is 1. The van der Waals surface area contributed by atoms with Gasteiger partial charge in [-0.05, 0) is 31.5 Å². The van der Waals surface area contributed by atoms with Crippen LogP contribution in [0.2, 0.25) is 0 Å². The van der Waals surface area contributed by atoms with E-state index >= 15 is 0 Å². The van der Waals surface area contributed by atoms with Gasteiger partial charge < -0.3 is 4.98 Å². The third-order valence-corrected chi connectivity index (χ3v) is 5.75. The van der Waals surface area contributed by atoms with Crippen molar-refractivity contribution < 1.29 is 0 Å². The van der Waals surface area contributed by atoms with Crippen molar-refractivity contribution in [2.75, 3.05) is 0 Å². The van der Waals surface area contributed by atoms with E-state index in [-0.39, 0.29) is 5.25 Å². The fraction of sp³-hybridized carbons (Fsp3) is 0.136. The van der Waals surface area contributed by atoms with Gasteiger partial charge in [0.2, 0.25) is 0 Å². The molecule has 0 fully saturated rings. The monoisotopic (exact) mass is 385 g/mol. The molecule has 1 N–H and O–H groups in total. The number of nitrogens with zero attached hydrogens (tertiary/aromatic N) is 4. The summed E-state index contributed by atoms with van der Waals surface area (Å²) in [5.74, 6) is 0.921. The summed E-state index contributed by atoms with van der Waals surface area (Å²) in [4.78, 5) is 12.9. The number of H-pyrrole nitrogens is 1. The number of imidazole rings is 1. The van der Waals surface area contributed by atoms with Crippen molar-refractivity contribution in [1.82, 2.24) is 24.6 Å². The summed E-state index contributed by atoms with van der Waals surface area (Å²) in [5, 5.41) is 6.77. The maximum absolute atomic E-state index is 4.92. The minimum absolute atomic E-state index is 0.0844. The largest absolute Gasteiger partial charge is 0.333 e. The number of aromatic nitrogens is 5. The summed E-state index contributed by atoms with van der Waals surface area (Å²) < 4.78 is 1.97. The Kier molecular flexibility index (Phi) is 4.13. The molecule has 5 rings (SSSR count). The van der Waals surface area contributed by atoms with Gasteiger partial charge in [0.15, 0.2) is 5.16 Å². The molecule has 5 nitrogen and oxygen atoms in total. The molecule has 5 aromatic rings. The molecule has 0 saturated carbocycles. The smallest absolute Gasteiger partial charge is 0.166 e. The Hall–Kier alpha value is -3.12. The molecule has 0 radical (unpaired) electrons. The first-order valence-corrected chi connectivity index (χ1v) is 10.1. The predicted molar refractivity (Wildman–Crippen MR) is 114 cm³/mol. The second kappa shape index (κ2) is 6.80. The van der Waals surface area contributed by atoms with Gasteiger partial charge in [0.05, 0.1) is 33.9 Å². The zero-order chi connectivity index (χ0) is 19.1. The van der Waals surface area contributed by atoms with Crippen molar-refractivity contribution in [2.24, 2.45) is 0 Å². The highest BCUT2D eigenvalue weighted by molar-refractivity contribution is 7.99. The Morgan fingerprint density at radius 1 is 1.04 bits per heavy atom. The molecule has 3 aromatic heterocycles. The minimum atomic E-state index is 0.0844. The van der Waals surface area contributed by atoms with E-state index in [4.69, 9.17) is 4.98 Å². The van der Waals surface area contributed by atoms with E-state index in [1.807, 2.05) is 48.0 Å². The maximum atomic E-state index is 4.92. The van der Waals surface area contributed by atoms with Crippen LogP contribution >= 0.6 is 11.8 Å². The fourth-order valence-corrected chi connectivity index (χ4v) is 4.31. The molecule has 0 amide bonds. The molecule has 1 unspecified atom stereocenters. The number of nitrogens with one attached hydrogen (secondary N) is 1. The number of hydrogen-bond acceptors (Lipinski definition) is 4. The topological polar surface area (TPSA) is 58.9 Å². The van der Waals surface area contributed by atoms with Gasteiger partial charge in [-0.2, -0.15) is 5.10 Å². The molecule has 1 atom stereocenters. The second-order valence-corrected chi connectivity index (χ2v) is 8.13. The molecule has 0 saturated heterocycles. The third kappa shape index (κ3) is 2.96. The van der Waals surface area contributed by atoms with E-state index in [9.17, 15) is 0 Å². The molecule has 0 bridgehead atoms. The van der Waals surface area contributed by atoms with Crippen molar-refractivity contribution in [3.8, 4) is 11.3 Å². The van der Waals surface area contributed by atoms with Crippen molar-refractivity contribution in [1.29, 1.82) is 0 Å². The summed E-state index contributed by atoms with van der Waals surface area (Å²) in [6.45, 7) is 4.16. The summed E-state index contributed by atoms with van der Waals surface area (Å²) in [6.07, 6.45) is 1.88. The average molecular weight is 385 g/mol. The Balaban J connectivity index is 1.52. The average Bonchev–Trinajstić information content (AvgIpc) is 3.34. The molecule has 0 aliphatic carbocycles. The molecular weight excluding hydrogens is 366 g/mol. The molecule has 28 heavy (non-hydrogen) atoms. The summed E-state index contributed by atoms with van der Waals surface area (Å²) in [6, 6.07) is 20.6. The van der Waals surface area contributed by atoms with E-state index in [0.717, 1.165) is 44.4 Å². The van der Waals surface area contributed by atoms with Gasteiger partial charge in [0.25, 0.3) is 0 Å². The first kappa shape index (κ1) is 17.0. The molecule has 138 valence electrons. The lowest BCUT2D eigenvalue weighted by atomic mass is 10.2. The highest BCUT2D eigenvalue weighted by Gasteiger charge is 2.18. The number of benzene rings is 2. The molecule has 2 aromatic carbocycles. The lowest BCUT2D eigenvalue weighted by Gasteiger charge is -2.12. The number of fused-ring (bicyclic) bond motifs is 3. The Morgan fingerprint density at radius 2 is 1.82 bits per heavy atom. The van der Waals surface area contributed by atoms with E-state index < -0.39 is 0 Å². The lowest BCUT2D eigenvalue weighted by Crippen LogP contribution is -2.05.